The van der Waals surface area contributed by atoms with E-state index in [1.165, 1.54) is 5.56 Å². The van der Waals surface area contributed by atoms with Crippen molar-refractivity contribution in [2.75, 3.05) is 5.32 Å². The van der Waals surface area contributed by atoms with Gasteiger partial charge in [0, 0.05) is 16.9 Å². The molecule has 0 atom stereocenters. The van der Waals surface area contributed by atoms with Crippen LogP contribution in [0.1, 0.15) is 18.1 Å². The van der Waals surface area contributed by atoms with Gasteiger partial charge in [0.1, 0.15) is 4.49 Å². The molecule has 0 aliphatic carbocycles. The van der Waals surface area contributed by atoms with Gasteiger partial charge in [0.15, 0.2) is 0 Å². The first-order chi connectivity index (χ1) is 9.09. The average molecular weight is 292 g/mol. The summed E-state index contributed by atoms with van der Waals surface area (Å²) in [6, 6.07) is 16.1. The molecule has 0 radical (unpaired) electrons. The van der Waals surface area contributed by atoms with E-state index in [1.807, 2.05) is 49.4 Å². The van der Waals surface area contributed by atoms with E-state index in [9.17, 15) is 0 Å². The second-order valence-electron chi connectivity index (χ2n) is 4.37. The van der Waals surface area contributed by atoms with Crippen LogP contribution in [0.15, 0.2) is 53.0 Å². The molecular weight excluding hydrogens is 277 g/mol. The van der Waals surface area contributed by atoms with Gasteiger partial charge in [-0.2, -0.15) is 0 Å². The monoisotopic (exact) mass is 291 g/mol. The third-order valence-corrected chi connectivity index (χ3v) is 3.60. The molecule has 98 valence electrons. The standard InChI is InChI=1S/C16H15Cl2N/c1-11-7-3-5-9-14(11)19-15-10-6-4-8-13(15)12(2)16(17)18/h3-10,19H,1-2H3. The lowest BCUT2D eigenvalue weighted by atomic mass is 10.1. The zero-order chi connectivity index (χ0) is 13.8. The molecule has 0 spiro atoms. The molecule has 0 unspecified atom stereocenters. The Labute approximate surface area is 123 Å². The van der Waals surface area contributed by atoms with E-state index in [2.05, 4.69) is 18.3 Å². The van der Waals surface area contributed by atoms with Crippen molar-refractivity contribution in [2.45, 2.75) is 13.8 Å². The summed E-state index contributed by atoms with van der Waals surface area (Å²) in [7, 11) is 0. The summed E-state index contributed by atoms with van der Waals surface area (Å²) in [5.74, 6) is 0. The van der Waals surface area contributed by atoms with Gasteiger partial charge in [0.25, 0.3) is 0 Å². The SMILES string of the molecule is CC(=C(Cl)Cl)c1ccccc1Nc1ccccc1C. The molecular formula is C16H15Cl2N. The van der Waals surface area contributed by atoms with Crippen LogP contribution < -0.4 is 5.32 Å². The lowest BCUT2D eigenvalue weighted by Gasteiger charge is -2.14. The Morgan fingerprint density at radius 3 is 2.11 bits per heavy atom. The third kappa shape index (κ3) is 3.31. The van der Waals surface area contributed by atoms with E-state index in [-0.39, 0.29) is 0 Å². The average Bonchev–Trinajstić information content (AvgIpc) is 2.41. The molecule has 0 aromatic heterocycles. The van der Waals surface area contributed by atoms with Gasteiger partial charge in [-0.05, 0) is 37.1 Å². The van der Waals surface area contributed by atoms with E-state index in [4.69, 9.17) is 23.2 Å². The Morgan fingerprint density at radius 2 is 1.47 bits per heavy atom. The summed E-state index contributed by atoms with van der Waals surface area (Å²) in [5.41, 5.74) is 5.13. The van der Waals surface area contributed by atoms with E-state index < -0.39 is 0 Å². The minimum Gasteiger partial charge on any atom is -0.355 e. The highest BCUT2D eigenvalue weighted by molar-refractivity contribution is 6.58. The molecule has 0 bridgehead atoms. The summed E-state index contributed by atoms with van der Waals surface area (Å²) in [6.07, 6.45) is 0. The molecule has 0 saturated carbocycles. The van der Waals surface area contributed by atoms with E-state index in [1.54, 1.807) is 0 Å². The molecule has 0 heterocycles. The number of nitrogens with one attached hydrogen (secondary N) is 1. The van der Waals surface area contributed by atoms with Crippen molar-refractivity contribution in [2.24, 2.45) is 0 Å². The molecule has 0 saturated heterocycles. The number of benzene rings is 2. The highest BCUT2D eigenvalue weighted by Gasteiger charge is 2.07. The number of hydrogen-bond donors (Lipinski definition) is 1. The molecule has 0 aliphatic heterocycles. The highest BCUT2D eigenvalue weighted by atomic mass is 35.5. The first-order valence-corrected chi connectivity index (χ1v) is 6.79. The van der Waals surface area contributed by atoms with Crippen LogP contribution in [0.5, 0.6) is 0 Å². The van der Waals surface area contributed by atoms with Crippen LogP contribution in [0.3, 0.4) is 0 Å². The lowest BCUT2D eigenvalue weighted by molar-refractivity contribution is 1.42. The topological polar surface area (TPSA) is 12.0 Å². The second-order valence-corrected chi connectivity index (χ2v) is 5.32. The van der Waals surface area contributed by atoms with Gasteiger partial charge >= 0.3 is 0 Å². The van der Waals surface area contributed by atoms with Gasteiger partial charge < -0.3 is 5.32 Å². The van der Waals surface area contributed by atoms with Crippen molar-refractivity contribution >= 4 is 40.1 Å². The third-order valence-electron chi connectivity index (χ3n) is 3.03. The van der Waals surface area contributed by atoms with Crippen LogP contribution in [0.4, 0.5) is 11.4 Å². The molecule has 1 nitrogen and oxygen atoms in total. The minimum absolute atomic E-state index is 0.291. The highest BCUT2D eigenvalue weighted by Crippen LogP contribution is 2.31. The van der Waals surface area contributed by atoms with Gasteiger partial charge in [-0.15, -0.1) is 0 Å². The molecule has 3 heteroatoms. The summed E-state index contributed by atoms with van der Waals surface area (Å²) in [4.78, 5) is 0. The Balaban J connectivity index is 2.42. The molecule has 19 heavy (non-hydrogen) atoms. The summed E-state index contributed by atoms with van der Waals surface area (Å²) in [6.45, 7) is 3.98. The van der Waals surface area contributed by atoms with Crippen molar-refractivity contribution < 1.29 is 0 Å². The van der Waals surface area contributed by atoms with Crippen molar-refractivity contribution in [3.63, 3.8) is 0 Å². The van der Waals surface area contributed by atoms with Crippen molar-refractivity contribution in [3.8, 4) is 0 Å². The molecule has 0 fully saturated rings. The summed E-state index contributed by atoms with van der Waals surface area (Å²) in [5, 5.41) is 3.43. The number of halogens is 2. The predicted molar refractivity (Wildman–Crippen MR) is 85.2 cm³/mol. The molecule has 2 aromatic carbocycles. The first-order valence-electron chi connectivity index (χ1n) is 6.03. The quantitative estimate of drug-likeness (QED) is 0.742. The number of aryl methyl sites for hydroxylation is 1. The van der Waals surface area contributed by atoms with Gasteiger partial charge in [-0.3, -0.25) is 0 Å². The Kier molecular flexibility index (Phi) is 4.52. The van der Waals surface area contributed by atoms with Crippen molar-refractivity contribution in [1.82, 2.24) is 0 Å². The fourth-order valence-electron chi connectivity index (χ4n) is 1.88. The van der Waals surface area contributed by atoms with Gasteiger partial charge in [0.2, 0.25) is 0 Å². The van der Waals surface area contributed by atoms with Crippen molar-refractivity contribution in [3.05, 3.63) is 64.1 Å². The smallest absolute Gasteiger partial charge is 0.110 e. The lowest BCUT2D eigenvalue weighted by Crippen LogP contribution is -1.96. The Hall–Kier alpha value is -1.44. The first kappa shape index (κ1) is 14.0. The van der Waals surface area contributed by atoms with E-state index in [0.29, 0.717) is 4.49 Å². The van der Waals surface area contributed by atoms with Crippen LogP contribution >= 0.6 is 23.2 Å². The second kappa shape index (κ2) is 6.14. The van der Waals surface area contributed by atoms with Crippen molar-refractivity contribution in [1.29, 1.82) is 0 Å². The Bertz CT molecular complexity index is 614. The van der Waals surface area contributed by atoms with E-state index >= 15 is 0 Å². The zero-order valence-corrected chi connectivity index (χ0v) is 12.4. The summed E-state index contributed by atoms with van der Waals surface area (Å²) < 4.78 is 0.291. The maximum absolute atomic E-state index is 5.89. The van der Waals surface area contributed by atoms with Crippen LogP contribution in [0.25, 0.3) is 5.57 Å². The molecule has 2 aromatic rings. The predicted octanol–water partition coefficient (Wildman–Crippen LogP) is 5.90. The minimum atomic E-state index is 0.291. The molecule has 0 aliphatic rings. The fraction of sp³-hybridized carbons (Fsp3) is 0.125. The van der Waals surface area contributed by atoms with Crippen LogP contribution in [-0.4, -0.2) is 0 Å². The maximum atomic E-state index is 5.89. The fourth-order valence-corrected chi connectivity index (χ4v) is 2.08. The number of para-hydroxylation sites is 2. The van der Waals surface area contributed by atoms with Gasteiger partial charge in [0.05, 0.1) is 0 Å². The zero-order valence-electron chi connectivity index (χ0n) is 10.9. The largest absolute Gasteiger partial charge is 0.355 e. The van der Waals surface area contributed by atoms with Gasteiger partial charge in [-0.25, -0.2) is 0 Å². The van der Waals surface area contributed by atoms with Crippen LogP contribution in [0.2, 0.25) is 0 Å². The number of rotatable bonds is 3. The molecule has 1 N–H and O–H groups in total. The van der Waals surface area contributed by atoms with E-state index in [0.717, 1.165) is 22.5 Å². The van der Waals surface area contributed by atoms with Gasteiger partial charge in [-0.1, -0.05) is 59.6 Å². The number of hydrogen-bond acceptors (Lipinski definition) is 1. The van der Waals surface area contributed by atoms with Crippen LogP contribution in [0, 0.1) is 6.92 Å². The maximum Gasteiger partial charge on any atom is 0.110 e. The summed E-state index contributed by atoms with van der Waals surface area (Å²) >= 11 is 11.8. The Morgan fingerprint density at radius 1 is 0.895 bits per heavy atom. The molecule has 0 amide bonds. The number of anilines is 2. The molecule has 2 rings (SSSR count). The normalized spacial score (nSPS) is 10.1. The van der Waals surface area contributed by atoms with Crippen LogP contribution in [-0.2, 0) is 0 Å². The number of allylic oxidation sites excluding steroid dienone is 1.